The zero-order chi connectivity index (χ0) is 13.5. The van der Waals surface area contributed by atoms with E-state index in [0.717, 1.165) is 16.8 Å². The van der Waals surface area contributed by atoms with Gasteiger partial charge in [-0.2, -0.15) is 0 Å². The van der Waals surface area contributed by atoms with Crippen LogP contribution in [-0.2, 0) is 0 Å². The molecule has 2 fully saturated rings. The number of allylic oxidation sites excluding steroid dienone is 2. The highest BCUT2D eigenvalue weighted by molar-refractivity contribution is 5.77. The first kappa shape index (κ1) is 12.3. The highest BCUT2D eigenvalue weighted by Crippen LogP contribution is 2.49. The number of rotatable bonds is 3. The van der Waals surface area contributed by atoms with Gasteiger partial charge in [0, 0.05) is 42.2 Å². The molecule has 2 heterocycles. The summed E-state index contributed by atoms with van der Waals surface area (Å²) in [6, 6.07) is 4.21. The number of hydrogen-bond donors (Lipinski definition) is 1. The maximum atomic E-state index is 5.68. The third-order valence-electron chi connectivity index (χ3n) is 4.48. The fourth-order valence-electron chi connectivity index (χ4n) is 3.15. The Balaban J connectivity index is 1.79. The molecule has 1 aromatic heterocycles. The van der Waals surface area contributed by atoms with Crippen molar-refractivity contribution in [3.05, 3.63) is 42.4 Å². The molecule has 1 aliphatic heterocycles. The first-order valence-corrected chi connectivity index (χ1v) is 6.93. The Bertz CT molecular complexity index is 533. The van der Waals surface area contributed by atoms with Gasteiger partial charge in [-0.3, -0.25) is 4.98 Å². The zero-order valence-corrected chi connectivity index (χ0v) is 11.5. The lowest BCUT2D eigenvalue weighted by Crippen LogP contribution is -2.59. The highest BCUT2D eigenvalue weighted by Gasteiger charge is 2.47. The molecule has 2 aliphatic rings. The lowest BCUT2D eigenvalue weighted by molar-refractivity contribution is 0.0904. The van der Waals surface area contributed by atoms with Crippen molar-refractivity contribution in [3.63, 3.8) is 0 Å². The fourth-order valence-corrected chi connectivity index (χ4v) is 3.15. The van der Waals surface area contributed by atoms with E-state index in [2.05, 4.69) is 28.6 Å². The molecule has 19 heavy (non-hydrogen) atoms. The summed E-state index contributed by atoms with van der Waals surface area (Å²) in [5.41, 5.74) is 10.4. The van der Waals surface area contributed by atoms with E-state index in [0.29, 0.717) is 5.41 Å². The molecule has 0 amide bonds. The molecular weight excluding hydrogens is 234 g/mol. The lowest BCUT2D eigenvalue weighted by Gasteiger charge is -2.57. The molecule has 0 unspecified atom stereocenters. The number of aromatic nitrogens is 1. The van der Waals surface area contributed by atoms with Crippen LogP contribution in [0.25, 0.3) is 5.57 Å². The molecule has 1 spiro atoms. The second-order valence-electron chi connectivity index (χ2n) is 5.97. The third kappa shape index (κ3) is 2.03. The van der Waals surface area contributed by atoms with Crippen molar-refractivity contribution in [1.82, 2.24) is 4.98 Å². The molecule has 0 bridgehead atoms. The van der Waals surface area contributed by atoms with Gasteiger partial charge in [0.15, 0.2) is 0 Å². The summed E-state index contributed by atoms with van der Waals surface area (Å²) < 4.78 is 0. The fraction of sp³-hybridized carbons (Fsp3) is 0.438. The summed E-state index contributed by atoms with van der Waals surface area (Å²) >= 11 is 0. The summed E-state index contributed by atoms with van der Waals surface area (Å²) in [4.78, 5) is 6.85. The molecule has 3 rings (SSSR count). The minimum absolute atomic E-state index is 0.643. The molecule has 3 heteroatoms. The van der Waals surface area contributed by atoms with Crippen LogP contribution >= 0.6 is 0 Å². The van der Waals surface area contributed by atoms with Gasteiger partial charge < -0.3 is 10.6 Å². The van der Waals surface area contributed by atoms with E-state index < -0.39 is 0 Å². The van der Waals surface area contributed by atoms with Crippen molar-refractivity contribution in [2.24, 2.45) is 11.1 Å². The molecule has 2 N–H and O–H groups in total. The van der Waals surface area contributed by atoms with Crippen LogP contribution in [0.5, 0.6) is 0 Å². The maximum absolute atomic E-state index is 5.68. The Morgan fingerprint density at radius 3 is 2.74 bits per heavy atom. The minimum Gasteiger partial charge on any atom is -0.404 e. The average molecular weight is 255 g/mol. The van der Waals surface area contributed by atoms with Crippen LogP contribution in [0.15, 0.2) is 36.7 Å². The number of anilines is 1. The predicted molar refractivity (Wildman–Crippen MR) is 79.7 cm³/mol. The van der Waals surface area contributed by atoms with Gasteiger partial charge >= 0.3 is 0 Å². The van der Waals surface area contributed by atoms with Gasteiger partial charge in [-0.1, -0.05) is 13.0 Å². The summed E-state index contributed by atoms with van der Waals surface area (Å²) in [6.45, 7) is 8.31. The molecule has 3 nitrogen and oxygen atoms in total. The van der Waals surface area contributed by atoms with Crippen molar-refractivity contribution in [3.8, 4) is 0 Å². The summed E-state index contributed by atoms with van der Waals surface area (Å²) in [5.74, 6) is 0. The Labute approximate surface area is 114 Å². The second-order valence-corrected chi connectivity index (χ2v) is 5.97. The van der Waals surface area contributed by atoms with Crippen LogP contribution in [-0.4, -0.2) is 18.1 Å². The molecular formula is C16H21N3. The number of pyridine rings is 1. The van der Waals surface area contributed by atoms with E-state index >= 15 is 0 Å². The van der Waals surface area contributed by atoms with Gasteiger partial charge in [-0.15, -0.1) is 0 Å². The normalized spacial score (nSPS) is 20.9. The molecule has 1 aliphatic carbocycles. The smallest absolute Gasteiger partial charge is 0.0739 e. The third-order valence-corrected chi connectivity index (χ3v) is 4.48. The quantitative estimate of drug-likeness (QED) is 0.844. The standard InChI is InChI=1S/C16H21N3/c1-12(2)14(9-17)15-8-13(4-7-18-15)19-10-16(11-19)5-3-6-16/h4,7-9H,1,3,5-6,10-11,17H2,2H3/b14-9-. The van der Waals surface area contributed by atoms with Gasteiger partial charge in [0.05, 0.1) is 5.69 Å². The van der Waals surface area contributed by atoms with Crippen LogP contribution in [0.4, 0.5) is 5.69 Å². The van der Waals surface area contributed by atoms with Gasteiger partial charge in [-0.05, 0) is 37.5 Å². The minimum atomic E-state index is 0.643. The van der Waals surface area contributed by atoms with Gasteiger partial charge in [-0.25, -0.2) is 0 Å². The second kappa shape index (κ2) is 4.41. The van der Waals surface area contributed by atoms with Crippen molar-refractivity contribution in [1.29, 1.82) is 0 Å². The maximum Gasteiger partial charge on any atom is 0.0739 e. The van der Waals surface area contributed by atoms with Crippen LogP contribution in [0.3, 0.4) is 0 Å². The van der Waals surface area contributed by atoms with Crippen molar-refractivity contribution in [2.45, 2.75) is 26.2 Å². The van der Waals surface area contributed by atoms with Crippen molar-refractivity contribution in [2.75, 3.05) is 18.0 Å². The molecule has 0 atom stereocenters. The molecule has 1 saturated carbocycles. The SMILES string of the molecule is C=C(C)/C(=C/N)c1cc(N2CC3(CCC3)C2)ccn1. The largest absolute Gasteiger partial charge is 0.404 e. The molecule has 1 aromatic rings. The first-order valence-electron chi connectivity index (χ1n) is 6.93. The van der Waals surface area contributed by atoms with E-state index in [1.807, 2.05) is 13.1 Å². The number of nitrogens with two attached hydrogens (primary N) is 1. The number of hydrogen-bond acceptors (Lipinski definition) is 3. The van der Waals surface area contributed by atoms with Crippen LogP contribution in [0.1, 0.15) is 31.9 Å². The number of nitrogens with zero attached hydrogens (tertiary/aromatic N) is 2. The lowest BCUT2D eigenvalue weighted by atomic mass is 9.63. The molecule has 0 aromatic carbocycles. The van der Waals surface area contributed by atoms with Gasteiger partial charge in [0.25, 0.3) is 0 Å². The Hall–Kier alpha value is -1.77. The van der Waals surface area contributed by atoms with E-state index in [1.165, 1.54) is 38.0 Å². The van der Waals surface area contributed by atoms with Gasteiger partial charge in [0.2, 0.25) is 0 Å². The van der Waals surface area contributed by atoms with Gasteiger partial charge in [0.1, 0.15) is 0 Å². The van der Waals surface area contributed by atoms with Crippen LogP contribution < -0.4 is 10.6 Å². The monoisotopic (exact) mass is 255 g/mol. The summed E-state index contributed by atoms with van der Waals surface area (Å²) in [6.07, 6.45) is 7.67. The van der Waals surface area contributed by atoms with Crippen molar-refractivity contribution < 1.29 is 0 Å². The molecule has 100 valence electrons. The Morgan fingerprint density at radius 1 is 1.47 bits per heavy atom. The molecule has 0 radical (unpaired) electrons. The molecule has 1 saturated heterocycles. The highest BCUT2D eigenvalue weighted by atomic mass is 15.2. The first-order chi connectivity index (χ1) is 9.13. The van der Waals surface area contributed by atoms with Crippen molar-refractivity contribution >= 4 is 11.3 Å². The van der Waals surface area contributed by atoms with E-state index in [9.17, 15) is 0 Å². The zero-order valence-electron chi connectivity index (χ0n) is 11.5. The van der Waals surface area contributed by atoms with E-state index in [4.69, 9.17) is 5.73 Å². The van der Waals surface area contributed by atoms with E-state index in [1.54, 1.807) is 6.20 Å². The summed E-state index contributed by atoms with van der Waals surface area (Å²) in [5, 5.41) is 0. The Kier molecular flexibility index (Phi) is 2.85. The predicted octanol–water partition coefficient (Wildman–Crippen LogP) is 2.95. The Morgan fingerprint density at radius 2 is 2.21 bits per heavy atom. The summed E-state index contributed by atoms with van der Waals surface area (Å²) in [7, 11) is 0. The van der Waals surface area contributed by atoms with E-state index in [-0.39, 0.29) is 0 Å². The van der Waals surface area contributed by atoms with Crippen LogP contribution in [0, 0.1) is 5.41 Å². The van der Waals surface area contributed by atoms with Crippen LogP contribution in [0.2, 0.25) is 0 Å². The topological polar surface area (TPSA) is 42.1 Å². The average Bonchev–Trinajstić information content (AvgIpc) is 2.26.